The van der Waals surface area contributed by atoms with E-state index in [9.17, 15) is 0 Å². The van der Waals surface area contributed by atoms with E-state index in [0.717, 1.165) is 74.6 Å². The fourth-order valence-electron chi connectivity index (χ4n) is 3.48. The van der Waals surface area contributed by atoms with Gasteiger partial charge in [0.25, 0.3) is 0 Å². The van der Waals surface area contributed by atoms with Crippen LogP contribution in [0.25, 0.3) is 0 Å². The third-order valence-corrected chi connectivity index (χ3v) is 5.59. The van der Waals surface area contributed by atoms with Gasteiger partial charge in [-0.25, -0.2) is 9.98 Å². The summed E-state index contributed by atoms with van der Waals surface area (Å²) >= 11 is 5.95. The van der Waals surface area contributed by atoms with E-state index < -0.39 is 0 Å². The van der Waals surface area contributed by atoms with E-state index in [1.165, 1.54) is 5.56 Å². The van der Waals surface area contributed by atoms with Crippen LogP contribution < -0.4 is 15.5 Å². The summed E-state index contributed by atoms with van der Waals surface area (Å²) in [6.45, 7) is 12.0. The molecule has 0 spiro atoms. The molecule has 7 heteroatoms. The topological polar surface area (TPSA) is 55.8 Å². The molecule has 1 aliphatic rings. The van der Waals surface area contributed by atoms with Gasteiger partial charge in [-0.05, 0) is 49.2 Å². The largest absolute Gasteiger partial charge is 0.357 e. The summed E-state index contributed by atoms with van der Waals surface area (Å²) in [6, 6.07) is 12.2. The fourth-order valence-corrected chi connectivity index (χ4v) is 3.60. The van der Waals surface area contributed by atoms with Gasteiger partial charge >= 0.3 is 0 Å². The molecule has 6 nitrogen and oxygen atoms in total. The van der Waals surface area contributed by atoms with Crippen molar-refractivity contribution in [1.29, 1.82) is 0 Å². The van der Waals surface area contributed by atoms with Crippen LogP contribution >= 0.6 is 11.6 Å². The van der Waals surface area contributed by atoms with Crippen LogP contribution in [0.2, 0.25) is 5.02 Å². The number of anilines is 1. The molecule has 0 bridgehead atoms. The molecule has 30 heavy (non-hydrogen) atoms. The molecule has 3 rings (SSSR count). The van der Waals surface area contributed by atoms with Crippen molar-refractivity contribution in [3.8, 4) is 0 Å². The van der Waals surface area contributed by atoms with E-state index in [4.69, 9.17) is 16.6 Å². The number of hydrogen-bond acceptors (Lipinski definition) is 4. The number of hydrogen-bond donors (Lipinski definition) is 2. The highest BCUT2D eigenvalue weighted by atomic mass is 35.5. The monoisotopic (exact) mass is 428 g/mol. The molecule has 0 unspecified atom stereocenters. The highest BCUT2D eigenvalue weighted by molar-refractivity contribution is 6.30. The van der Waals surface area contributed by atoms with Crippen LogP contribution in [0.3, 0.4) is 0 Å². The first-order chi connectivity index (χ1) is 14.7. The zero-order valence-electron chi connectivity index (χ0n) is 18.1. The first-order valence-electron chi connectivity index (χ1n) is 10.9. The maximum atomic E-state index is 5.95. The molecule has 1 aromatic heterocycles. The highest BCUT2D eigenvalue weighted by Gasteiger charge is 2.16. The standard InChI is InChI=1S/C23H33ClN6/c1-3-25-23(26-12-11-19-5-8-21(24)9-6-19)28-18-20-7-10-22(27-17-20)30-15-13-29(4-2)14-16-30/h5-10,17H,3-4,11-16,18H2,1-2H3,(H2,25,26,28). The molecule has 0 saturated carbocycles. The summed E-state index contributed by atoms with van der Waals surface area (Å²) in [5, 5.41) is 7.47. The minimum Gasteiger partial charge on any atom is -0.357 e. The Hall–Kier alpha value is -2.31. The van der Waals surface area contributed by atoms with Gasteiger partial charge in [-0.15, -0.1) is 0 Å². The lowest BCUT2D eigenvalue weighted by atomic mass is 10.1. The lowest BCUT2D eigenvalue weighted by molar-refractivity contribution is 0.270. The van der Waals surface area contributed by atoms with Crippen molar-refractivity contribution in [1.82, 2.24) is 20.5 Å². The Morgan fingerprint density at radius 1 is 1.00 bits per heavy atom. The van der Waals surface area contributed by atoms with Crippen LogP contribution in [0.5, 0.6) is 0 Å². The normalized spacial score (nSPS) is 15.3. The molecule has 1 saturated heterocycles. The zero-order chi connectivity index (χ0) is 21.2. The summed E-state index contributed by atoms with van der Waals surface area (Å²) in [5.41, 5.74) is 2.36. The lowest BCUT2D eigenvalue weighted by Gasteiger charge is -2.34. The van der Waals surface area contributed by atoms with Crippen LogP contribution in [-0.2, 0) is 13.0 Å². The third-order valence-electron chi connectivity index (χ3n) is 5.34. The van der Waals surface area contributed by atoms with Crippen molar-refractivity contribution >= 4 is 23.4 Å². The fraction of sp³-hybridized carbons (Fsp3) is 0.478. The number of halogens is 1. The van der Waals surface area contributed by atoms with Crippen molar-refractivity contribution in [3.05, 3.63) is 58.7 Å². The van der Waals surface area contributed by atoms with Crippen molar-refractivity contribution in [2.45, 2.75) is 26.8 Å². The minimum atomic E-state index is 0.604. The van der Waals surface area contributed by atoms with Gasteiger partial charge in [0.05, 0.1) is 6.54 Å². The first kappa shape index (κ1) is 22.4. The molecule has 0 radical (unpaired) electrons. The second-order valence-corrected chi connectivity index (χ2v) is 7.88. The molecule has 2 N–H and O–H groups in total. The Kier molecular flexibility index (Phi) is 8.78. The van der Waals surface area contributed by atoms with Gasteiger partial charge in [-0.1, -0.05) is 36.7 Å². The molecule has 1 aliphatic heterocycles. The van der Waals surface area contributed by atoms with E-state index in [-0.39, 0.29) is 0 Å². The highest BCUT2D eigenvalue weighted by Crippen LogP contribution is 2.14. The minimum absolute atomic E-state index is 0.604. The van der Waals surface area contributed by atoms with Gasteiger partial charge in [0, 0.05) is 50.5 Å². The van der Waals surface area contributed by atoms with E-state index in [1.807, 2.05) is 18.3 Å². The average molecular weight is 429 g/mol. The van der Waals surface area contributed by atoms with E-state index in [1.54, 1.807) is 0 Å². The Labute approximate surface area is 185 Å². The summed E-state index contributed by atoms with van der Waals surface area (Å²) in [5.74, 6) is 1.89. The number of pyridine rings is 1. The number of likely N-dealkylation sites (N-methyl/N-ethyl adjacent to an activating group) is 1. The second-order valence-electron chi connectivity index (χ2n) is 7.44. The molecule has 0 aliphatic carbocycles. The number of rotatable bonds is 8. The number of guanidine groups is 1. The van der Waals surface area contributed by atoms with E-state index in [0.29, 0.717) is 6.54 Å². The SMILES string of the molecule is CCNC(=NCc1ccc(N2CCN(CC)CC2)nc1)NCCc1ccc(Cl)cc1. The quantitative estimate of drug-likeness (QED) is 0.499. The molecule has 162 valence electrons. The Morgan fingerprint density at radius 3 is 2.37 bits per heavy atom. The first-order valence-corrected chi connectivity index (χ1v) is 11.2. The predicted molar refractivity (Wildman–Crippen MR) is 127 cm³/mol. The Bertz CT molecular complexity index is 782. The summed E-state index contributed by atoms with van der Waals surface area (Å²) in [7, 11) is 0. The number of aromatic nitrogens is 1. The molecular formula is C23H33ClN6. The molecule has 2 aromatic rings. The maximum Gasteiger partial charge on any atom is 0.191 e. The number of benzene rings is 1. The zero-order valence-corrected chi connectivity index (χ0v) is 18.8. The van der Waals surface area contributed by atoms with Gasteiger partial charge in [0.1, 0.15) is 5.82 Å². The number of nitrogens with one attached hydrogen (secondary N) is 2. The summed E-state index contributed by atoms with van der Waals surface area (Å²) in [4.78, 5) is 14.2. The number of piperazine rings is 1. The molecule has 1 fully saturated rings. The molecule has 0 atom stereocenters. The van der Waals surface area contributed by atoms with Gasteiger partial charge < -0.3 is 20.4 Å². The maximum absolute atomic E-state index is 5.95. The molecule has 0 amide bonds. The van der Waals surface area contributed by atoms with E-state index in [2.05, 4.69) is 63.5 Å². The Morgan fingerprint density at radius 2 is 1.73 bits per heavy atom. The molecule has 2 heterocycles. The lowest BCUT2D eigenvalue weighted by Crippen LogP contribution is -2.46. The molecular weight excluding hydrogens is 396 g/mol. The van der Waals surface area contributed by atoms with Crippen molar-refractivity contribution in [2.75, 3.05) is 50.7 Å². The van der Waals surface area contributed by atoms with Crippen molar-refractivity contribution in [3.63, 3.8) is 0 Å². The second kappa shape index (κ2) is 11.8. The molecule has 1 aromatic carbocycles. The van der Waals surface area contributed by atoms with Crippen LogP contribution in [-0.4, -0.2) is 61.7 Å². The van der Waals surface area contributed by atoms with Gasteiger partial charge in [0.2, 0.25) is 0 Å². The van der Waals surface area contributed by atoms with Crippen LogP contribution in [0.4, 0.5) is 5.82 Å². The van der Waals surface area contributed by atoms with Crippen LogP contribution in [0.15, 0.2) is 47.6 Å². The predicted octanol–water partition coefficient (Wildman–Crippen LogP) is 3.17. The third kappa shape index (κ3) is 6.89. The van der Waals surface area contributed by atoms with Crippen molar-refractivity contribution in [2.24, 2.45) is 4.99 Å². The Balaban J connectivity index is 1.49. The van der Waals surface area contributed by atoms with E-state index >= 15 is 0 Å². The van der Waals surface area contributed by atoms with Crippen LogP contribution in [0, 0.1) is 0 Å². The average Bonchev–Trinajstić information content (AvgIpc) is 2.79. The number of nitrogens with zero attached hydrogens (tertiary/aromatic N) is 4. The van der Waals surface area contributed by atoms with Crippen LogP contribution in [0.1, 0.15) is 25.0 Å². The van der Waals surface area contributed by atoms with Gasteiger partial charge in [-0.3, -0.25) is 0 Å². The van der Waals surface area contributed by atoms with Gasteiger partial charge in [-0.2, -0.15) is 0 Å². The van der Waals surface area contributed by atoms with Gasteiger partial charge in [0.15, 0.2) is 5.96 Å². The number of aliphatic imine (C=N–C) groups is 1. The summed E-state index contributed by atoms with van der Waals surface area (Å²) < 4.78 is 0. The summed E-state index contributed by atoms with van der Waals surface area (Å²) in [6.07, 6.45) is 2.87. The van der Waals surface area contributed by atoms with Crippen molar-refractivity contribution < 1.29 is 0 Å². The smallest absolute Gasteiger partial charge is 0.191 e.